The van der Waals surface area contributed by atoms with Gasteiger partial charge in [0, 0.05) is 0 Å². The summed E-state index contributed by atoms with van der Waals surface area (Å²) in [6, 6.07) is 7.66. The van der Waals surface area contributed by atoms with Crippen LogP contribution in [-0.4, -0.2) is 37.1 Å². The van der Waals surface area contributed by atoms with Crippen molar-refractivity contribution >= 4 is 5.69 Å². The summed E-state index contributed by atoms with van der Waals surface area (Å²) in [5.41, 5.74) is 0.902. The van der Waals surface area contributed by atoms with Gasteiger partial charge in [-0.2, -0.15) is 0 Å². The molecule has 1 aromatic carbocycles. The average Bonchev–Trinajstić information content (AvgIpc) is 2.68. The van der Waals surface area contributed by atoms with Gasteiger partial charge in [0.15, 0.2) is 0 Å². The molecule has 4 nitrogen and oxygen atoms in total. The summed E-state index contributed by atoms with van der Waals surface area (Å²) in [6.45, 7) is 3.50. The van der Waals surface area contributed by atoms with Crippen molar-refractivity contribution in [1.82, 2.24) is 0 Å². The average molecular weight is 223 g/mol. The zero-order valence-corrected chi connectivity index (χ0v) is 9.35. The molecule has 0 spiro atoms. The number of aliphatic hydroxyl groups is 1. The second-order valence-corrected chi connectivity index (χ2v) is 3.78. The van der Waals surface area contributed by atoms with Gasteiger partial charge in [0.25, 0.3) is 0 Å². The fourth-order valence-corrected chi connectivity index (χ4v) is 1.75. The minimum absolute atomic E-state index is 0.0541. The van der Waals surface area contributed by atoms with Crippen LogP contribution in [0.2, 0.25) is 0 Å². The first-order valence-electron chi connectivity index (χ1n) is 5.55. The van der Waals surface area contributed by atoms with E-state index in [0.717, 1.165) is 11.4 Å². The van der Waals surface area contributed by atoms with Crippen LogP contribution in [0.25, 0.3) is 0 Å². The van der Waals surface area contributed by atoms with Gasteiger partial charge in [0.2, 0.25) is 0 Å². The molecule has 1 fully saturated rings. The van der Waals surface area contributed by atoms with Crippen LogP contribution in [0.1, 0.15) is 6.92 Å². The lowest BCUT2D eigenvalue weighted by molar-refractivity contribution is 0.125. The Morgan fingerprint density at radius 3 is 2.94 bits per heavy atom. The predicted molar refractivity (Wildman–Crippen MR) is 61.8 cm³/mol. The molecule has 1 aliphatic rings. The number of nitrogens with one attached hydrogen (secondary N) is 1. The summed E-state index contributed by atoms with van der Waals surface area (Å²) in [6.07, 6.45) is -0.449. The predicted octanol–water partition coefficient (Wildman–Crippen LogP) is 1.26. The second kappa shape index (κ2) is 5.18. The smallest absolute Gasteiger partial charge is 0.142 e. The van der Waals surface area contributed by atoms with Crippen molar-refractivity contribution in [3.63, 3.8) is 0 Å². The van der Waals surface area contributed by atoms with E-state index >= 15 is 0 Å². The number of aliphatic hydroxyl groups excluding tert-OH is 1. The van der Waals surface area contributed by atoms with E-state index in [1.165, 1.54) is 0 Å². The third-order valence-corrected chi connectivity index (χ3v) is 2.58. The minimum atomic E-state index is -0.449. The van der Waals surface area contributed by atoms with Crippen LogP contribution in [0.4, 0.5) is 5.69 Å². The molecular formula is C12H17NO3. The molecule has 1 aromatic rings. The van der Waals surface area contributed by atoms with E-state index in [-0.39, 0.29) is 6.04 Å². The fourth-order valence-electron chi connectivity index (χ4n) is 1.75. The maximum absolute atomic E-state index is 9.64. The normalized spacial score (nSPS) is 24.4. The van der Waals surface area contributed by atoms with Gasteiger partial charge in [0.1, 0.15) is 5.75 Å². The maximum atomic E-state index is 9.64. The number of ether oxygens (including phenoxy) is 2. The van der Waals surface area contributed by atoms with Crippen LogP contribution >= 0.6 is 0 Å². The Hall–Kier alpha value is -1.26. The molecule has 16 heavy (non-hydrogen) atoms. The highest BCUT2D eigenvalue weighted by atomic mass is 16.5. The largest absolute Gasteiger partial charge is 0.492 e. The van der Waals surface area contributed by atoms with Crippen molar-refractivity contribution in [3.8, 4) is 5.75 Å². The highest BCUT2D eigenvalue weighted by Gasteiger charge is 2.26. The van der Waals surface area contributed by atoms with Crippen molar-refractivity contribution in [2.24, 2.45) is 0 Å². The lowest BCUT2D eigenvalue weighted by Crippen LogP contribution is -2.31. The van der Waals surface area contributed by atoms with Gasteiger partial charge in [-0.1, -0.05) is 12.1 Å². The number of hydrogen-bond acceptors (Lipinski definition) is 4. The summed E-state index contributed by atoms with van der Waals surface area (Å²) in [5.74, 6) is 0.809. The summed E-state index contributed by atoms with van der Waals surface area (Å²) >= 11 is 0. The van der Waals surface area contributed by atoms with Crippen molar-refractivity contribution in [2.45, 2.75) is 19.1 Å². The highest BCUT2D eigenvalue weighted by Crippen LogP contribution is 2.25. The van der Waals surface area contributed by atoms with E-state index in [2.05, 4.69) is 5.32 Å². The lowest BCUT2D eigenvalue weighted by atomic mass is 10.2. The molecule has 0 bridgehead atoms. The summed E-state index contributed by atoms with van der Waals surface area (Å²) < 4.78 is 10.7. The molecule has 0 aromatic heterocycles. The van der Waals surface area contributed by atoms with E-state index in [4.69, 9.17) is 9.47 Å². The molecule has 0 amide bonds. The molecule has 88 valence electrons. The van der Waals surface area contributed by atoms with Crippen molar-refractivity contribution in [3.05, 3.63) is 24.3 Å². The molecule has 1 saturated heterocycles. The molecular weight excluding hydrogens is 206 g/mol. The molecule has 2 rings (SSSR count). The van der Waals surface area contributed by atoms with Gasteiger partial charge in [-0.05, 0) is 19.1 Å². The van der Waals surface area contributed by atoms with Crippen LogP contribution in [0.5, 0.6) is 5.75 Å². The Bertz CT molecular complexity index is 343. The number of para-hydroxylation sites is 2. The van der Waals surface area contributed by atoms with Gasteiger partial charge in [-0.3, -0.25) is 0 Å². The Balaban J connectivity index is 2.07. The van der Waals surface area contributed by atoms with E-state index in [1.54, 1.807) is 0 Å². The van der Waals surface area contributed by atoms with Gasteiger partial charge in [0.05, 0.1) is 37.7 Å². The van der Waals surface area contributed by atoms with Crippen LogP contribution in [0.15, 0.2) is 24.3 Å². The van der Waals surface area contributed by atoms with Gasteiger partial charge in [-0.15, -0.1) is 0 Å². The highest BCUT2D eigenvalue weighted by molar-refractivity contribution is 5.57. The third kappa shape index (κ3) is 2.46. The third-order valence-electron chi connectivity index (χ3n) is 2.58. The topological polar surface area (TPSA) is 50.7 Å². The van der Waals surface area contributed by atoms with Crippen LogP contribution in [-0.2, 0) is 4.74 Å². The molecule has 0 saturated carbocycles. The van der Waals surface area contributed by atoms with E-state index in [1.807, 2.05) is 31.2 Å². The summed E-state index contributed by atoms with van der Waals surface area (Å²) in [7, 11) is 0. The quantitative estimate of drug-likeness (QED) is 0.806. The number of hydrogen-bond donors (Lipinski definition) is 2. The Labute approximate surface area is 95.2 Å². The molecule has 1 aliphatic heterocycles. The molecule has 2 unspecified atom stereocenters. The number of anilines is 1. The second-order valence-electron chi connectivity index (χ2n) is 3.78. The zero-order valence-electron chi connectivity index (χ0n) is 9.35. The van der Waals surface area contributed by atoms with Crippen molar-refractivity contribution < 1.29 is 14.6 Å². The van der Waals surface area contributed by atoms with Crippen LogP contribution < -0.4 is 10.1 Å². The van der Waals surface area contributed by atoms with Gasteiger partial charge < -0.3 is 19.9 Å². The molecule has 4 heteroatoms. The zero-order chi connectivity index (χ0) is 11.4. The van der Waals surface area contributed by atoms with E-state index in [9.17, 15) is 5.11 Å². The Morgan fingerprint density at radius 2 is 2.25 bits per heavy atom. The van der Waals surface area contributed by atoms with Gasteiger partial charge >= 0.3 is 0 Å². The van der Waals surface area contributed by atoms with Crippen LogP contribution in [0, 0.1) is 0 Å². The van der Waals surface area contributed by atoms with E-state index in [0.29, 0.717) is 19.8 Å². The van der Waals surface area contributed by atoms with Crippen molar-refractivity contribution in [2.75, 3.05) is 25.1 Å². The van der Waals surface area contributed by atoms with Crippen LogP contribution in [0.3, 0.4) is 0 Å². The standard InChI is InChI=1S/C12H17NO3/c1-2-16-12-6-4-3-5-9(12)13-10-7-15-8-11(10)14/h3-6,10-11,13-14H,2,7-8H2,1H3. The minimum Gasteiger partial charge on any atom is -0.492 e. The molecule has 0 aliphatic carbocycles. The first kappa shape index (κ1) is 11.2. The van der Waals surface area contributed by atoms with E-state index < -0.39 is 6.10 Å². The molecule has 2 atom stereocenters. The number of rotatable bonds is 4. The summed E-state index contributed by atoms with van der Waals surface area (Å²) in [5, 5.41) is 12.9. The first-order valence-corrected chi connectivity index (χ1v) is 5.55. The molecule has 0 radical (unpaired) electrons. The van der Waals surface area contributed by atoms with Crippen molar-refractivity contribution in [1.29, 1.82) is 0 Å². The molecule has 2 N–H and O–H groups in total. The first-order chi connectivity index (χ1) is 7.81. The Kier molecular flexibility index (Phi) is 3.64. The summed E-state index contributed by atoms with van der Waals surface area (Å²) in [4.78, 5) is 0. The number of benzene rings is 1. The maximum Gasteiger partial charge on any atom is 0.142 e. The lowest BCUT2D eigenvalue weighted by Gasteiger charge is -2.18. The van der Waals surface area contributed by atoms with Gasteiger partial charge in [-0.25, -0.2) is 0 Å². The fraction of sp³-hybridized carbons (Fsp3) is 0.500. The Morgan fingerprint density at radius 1 is 1.44 bits per heavy atom. The molecule has 1 heterocycles. The monoisotopic (exact) mass is 223 g/mol. The SMILES string of the molecule is CCOc1ccccc1NC1COCC1O.